The molecule has 0 aliphatic carbocycles. The minimum absolute atomic E-state index is 0.377. The highest BCUT2D eigenvalue weighted by Gasteiger charge is 2.35. The molecule has 3 amide bonds. The van der Waals surface area contributed by atoms with E-state index >= 15 is 0 Å². The fourth-order valence-corrected chi connectivity index (χ4v) is 3.15. The first-order chi connectivity index (χ1) is 12.1. The van der Waals surface area contributed by atoms with E-state index in [1.807, 2.05) is 30.3 Å². The number of anilines is 1. The van der Waals surface area contributed by atoms with Gasteiger partial charge in [0.15, 0.2) is 6.04 Å². The van der Waals surface area contributed by atoms with Crippen LogP contribution in [0, 0.1) is 0 Å². The minimum atomic E-state index is -0.832. The number of piperazine rings is 1. The standard InChI is InChI=1S/C17H20N6O2/c18-16(25)21-15(24)14(13-5-2-1-3-6-13)22-9-11-23(12-10-22)17-19-7-4-8-20-17/h1-8,14H,9-12H2,(H3,18,21,24,25)/p+1/t14-/m1/s1. The first-order valence-corrected chi connectivity index (χ1v) is 8.17. The predicted octanol–water partition coefficient (Wildman–Crippen LogP) is -0.882. The van der Waals surface area contributed by atoms with Crippen molar-refractivity contribution in [2.45, 2.75) is 6.04 Å². The van der Waals surface area contributed by atoms with Gasteiger partial charge in [0.1, 0.15) is 0 Å². The molecule has 0 spiro atoms. The van der Waals surface area contributed by atoms with Gasteiger partial charge in [-0.05, 0) is 6.07 Å². The normalized spacial score (nSPS) is 16.2. The van der Waals surface area contributed by atoms with Crippen molar-refractivity contribution in [3.05, 3.63) is 54.4 Å². The van der Waals surface area contributed by atoms with Crippen LogP contribution in [-0.4, -0.2) is 48.1 Å². The first-order valence-electron chi connectivity index (χ1n) is 8.17. The summed E-state index contributed by atoms with van der Waals surface area (Å²) in [5.41, 5.74) is 5.99. The first kappa shape index (κ1) is 16.8. The smallest absolute Gasteiger partial charge is 0.319 e. The molecule has 2 aromatic rings. The van der Waals surface area contributed by atoms with Crippen LogP contribution in [0.5, 0.6) is 0 Å². The van der Waals surface area contributed by atoms with Crippen LogP contribution < -0.4 is 20.9 Å². The lowest BCUT2D eigenvalue weighted by molar-refractivity contribution is -0.922. The molecule has 0 radical (unpaired) electrons. The number of nitrogens with zero attached hydrogens (tertiary/aromatic N) is 3. The summed E-state index contributed by atoms with van der Waals surface area (Å²) in [7, 11) is 0. The van der Waals surface area contributed by atoms with Crippen molar-refractivity contribution < 1.29 is 14.5 Å². The molecule has 1 atom stereocenters. The zero-order valence-corrected chi connectivity index (χ0v) is 13.8. The number of nitrogens with two attached hydrogens (primary N) is 1. The van der Waals surface area contributed by atoms with Crippen molar-refractivity contribution in [2.24, 2.45) is 5.73 Å². The largest absolute Gasteiger partial charge is 0.351 e. The molecule has 1 saturated heterocycles. The maximum atomic E-state index is 12.5. The summed E-state index contributed by atoms with van der Waals surface area (Å²) in [5.74, 6) is 0.317. The van der Waals surface area contributed by atoms with Crippen LogP contribution in [-0.2, 0) is 4.79 Å². The molecule has 0 unspecified atom stereocenters. The number of carbonyl (C=O) groups excluding carboxylic acids is 2. The average molecular weight is 341 g/mol. The maximum Gasteiger partial charge on any atom is 0.319 e. The van der Waals surface area contributed by atoms with Crippen LogP contribution in [0.1, 0.15) is 11.6 Å². The summed E-state index contributed by atoms with van der Waals surface area (Å²) >= 11 is 0. The van der Waals surface area contributed by atoms with Gasteiger partial charge in [-0.2, -0.15) is 0 Å². The average Bonchev–Trinajstić information content (AvgIpc) is 2.63. The van der Waals surface area contributed by atoms with Gasteiger partial charge in [0, 0.05) is 18.0 Å². The Bertz CT molecular complexity index is 716. The Balaban J connectivity index is 1.74. The molecule has 1 aliphatic rings. The number of urea groups is 1. The quantitative estimate of drug-likeness (QED) is 0.670. The molecule has 8 nitrogen and oxygen atoms in total. The van der Waals surface area contributed by atoms with Gasteiger partial charge in [0.2, 0.25) is 5.95 Å². The zero-order chi connectivity index (χ0) is 17.6. The van der Waals surface area contributed by atoms with Gasteiger partial charge in [-0.25, -0.2) is 14.8 Å². The van der Waals surface area contributed by atoms with Crippen molar-refractivity contribution in [2.75, 3.05) is 31.1 Å². The molecule has 4 N–H and O–H groups in total. The van der Waals surface area contributed by atoms with Crippen molar-refractivity contribution in [3.8, 4) is 0 Å². The molecule has 2 heterocycles. The molecule has 0 saturated carbocycles. The van der Waals surface area contributed by atoms with E-state index in [1.165, 1.54) is 0 Å². The van der Waals surface area contributed by atoms with Gasteiger partial charge in [0.25, 0.3) is 5.91 Å². The van der Waals surface area contributed by atoms with Crippen molar-refractivity contribution in [1.29, 1.82) is 0 Å². The van der Waals surface area contributed by atoms with E-state index in [4.69, 9.17) is 5.73 Å². The van der Waals surface area contributed by atoms with Crippen LogP contribution in [0.4, 0.5) is 10.7 Å². The number of hydrogen-bond donors (Lipinski definition) is 3. The number of primary amides is 1. The second-order valence-corrected chi connectivity index (χ2v) is 5.89. The fourth-order valence-electron chi connectivity index (χ4n) is 3.15. The number of imide groups is 1. The molecule has 1 aromatic carbocycles. The van der Waals surface area contributed by atoms with Gasteiger partial charge >= 0.3 is 6.03 Å². The fraction of sp³-hybridized carbons (Fsp3) is 0.294. The van der Waals surface area contributed by atoms with E-state index in [-0.39, 0.29) is 5.91 Å². The zero-order valence-electron chi connectivity index (χ0n) is 13.8. The minimum Gasteiger partial charge on any atom is -0.351 e. The van der Waals surface area contributed by atoms with Crippen molar-refractivity contribution in [3.63, 3.8) is 0 Å². The van der Waals surface area contributed by atoms with Gasteiger partial charge in [-0.1, -0.05) is 30.3 Å². The van der Waals surface area contributed by atoms with Crippen LogP contribution >= 0.6 is 0 Å². The summed E-state index contributed by atoms with van der Waals surface area (Å²) < 4.78 is 0. The third-order valence-corrected chi connectivity index (χ3v) is 4.29. The van der Waals surface area contributed by atoms with Crippen molar-refractivity contribution >= 4 is 17.9 Å². The summed E-state index contributed by atoms with van der Waals surface area (Å²) in [6, 6.07) is 9.92. The summed E-state index contributed by atoms with van der Waals surface area (Å²) in [6.07, 6.45) is 3.43. The Morgan fingerprint density at radius 1 is 1.08 bits per heavy atom. The van der Waals surface area contributed by atoms with Crippen LogP contribution in [0.3, 0.4) is 0 Å². The second kappa shape index (κ2) is 7.71. The third-order valence-electron chi connectivity index (χ3n) is 4.29. The summed E-state index contributed by atoms with van der Waals surface area (Å²) in [5, 5.41) is 2.22. The number of amides is 3. The second-order valence-electron chi connectivity index (χ2n) is 5.89. The molecule has 25 heavy (non-hydrogen) atoms. The van der Waals surface area contributed by atoms with E-state index in [1.54, 1.807) is 18.5 Å². The highest BCUT2D eigenvalue weighted by Crippen LogP contribution is 2.11. The Morgan fingerprint density at radius 2 is 1.72 bits per heavy atom. The number of carbonyl (C=O) groups is 2. The molecule has 1 aromatic heterocycles. The molecule has 0 bridgehead atoms. The predicted molar refractivity (Wildman–Crippen MR) is 91.9 cm³/mol. The molecule has 3 rings (SSSR count). The van der Waals surface area contributed by atoms with E-state index < -0.39 is 12.1 Å². The van der Waals surface area contributed by atoms with Gasteiger partial charge < -0.3 is 15.5 Å². The van der Waals surface area contributed by atoms with E-state index in [9.17, 15) is 9.59 Å². The number of quaternary nitrogens is 1. The lowest BCUT2D eigenvalue weighted by atomic mass is 10.0. The highest BCUT2D eigenvalue weighted by molar-refractivity contribution is 5.96. The van der Waals surface area contributed by atoms with Crippen molar-refractivity contribution in [1.82, 2.24) is 15.3 Å². The number of aromatic nitrogens is 2. The SMILES string of the molecule is NC(=O)NC(=O)[C@@H](c1ccccc1)[NH+]1CCN(c2ncccn2)CC1. The number of nitrogens with one attached hydrogen (secondary N) is 2. The summed E-state index contributed by atoms with van der Waals surface area (Å²) in [4.78, 5) is 35.4. The molecular weight excluding hydrogens is 320 g/mol. The van der Waals surface area contributed by atoms with Gasteiger partial charge in [-0.3, -0.25) is 10.1 Å². The number of benzene rings is 1. The van der Waals surface area contributed by atoms with Gasteiger partial charge in [0.05, 0.1) is 26.2 Å². The Kier molecular flexibility index (Phi) is 5.20. The van der Waals surface area contributed by atoms with Crippen LogP contribution in [0.25, 0.3) is 0 Å². The Hall–Kier alpha value is -3.00. The summed E-state index contributed by atoms with van der Waals surface area (Å²) in [6.45, 7) is 2.91. The molecular formula is C17H21N6O2+. The molecule has 130 valence electrons. The maximum absolute atomic E-state index is 12.5. The molecule has 1 fully saturated rings. The lowest BCUT2D eigenvalue weighted by Gasteiger charge is -2.35. The molecule has 8 heteroatoms. The Morgan fingerprint density at radius 3 is 2.32 bits per heavy atom. The number of rotatable bonds is 4. The highest BCUT2D eigenvalue weighted by atomic mass is 16.2. The number of hydrogen-bond acceptors (Lipinski definition) is 5. The van der Waals surface area contributed by atoms with E-state index in [0.29, 0.717) is 5.95 Å². The monoisotopic (exact) mass is 341 g/mol. The van der Waals surface area contributed by atoms with Gasteiger partial charge in [-0.15, -0.1) is 0 Å². The molecule has 1 aliphatic heterocycles. The van der Waals surface area contributed by atoms with Crippen LogP contribution in [0.2, 0.25) is 0 Å². The lowest BCUT2D eigenvalue weighted by Crippen LogP contribution is -3.16. The third kappa shape index (κ3) is 4.10. The van der Waals surface area contributed by atoms with Crippen LogP contribution in [0.15, 0.2) is 48.8 Å². The Labute approximate surface area is 145 Å². The van der Waals surface area contributed by atoms with E-state index in [0.717, 1.165) is 36.6 Å². The topological polar surface area (TPSA) is 106 Å². The van der Waals surface area contributed by atoms with E-state index in [2.05, 4.69) is 20.2 Å².